The third-order valence-corrected chi connectivity index (χ3v) is 16.0. The SMILES string of the molecule is CC[C@H]1OC(=O)[C@H](C)[C@@H](O[C@H]2C[C@@](C)(OC)[C@@H](O)[C@H](C)O2)C[C@@H](O[C@@H]2O[C@H](C)C[C@H](N(C)CCc3cn([C@H](CF)[C@H](OC)c4ccc(C(=O)NCC(N)=O)cc4)nn3)[C@H]2O)[C@](C)(O)C[C@@H](C)CN(C)[C@H](C)[C@@H](O)[C@]1(C)O. The summed E-state index contributed by atoms with van der Waals surface area (Å²) in [5.41, 5.74) is 1.93. The predicted octanol–water partition coefficient (Wildman–Crippen LogP) is 1.97. The number of rotatable bonds is 18. The van der Waals surface area contributed by atoms with E-state index in [0.29, 0.717) is 37.2 Å². The fourth-order valence-electron chi connectivity index (χ4n) is 11.0. The molecule has 3 saturated heterocycles. The summed E-state index contributed by atoms with van der Waals surface area (Å²) in [4.78, 5) is 41.8. The molecular formula is C53H88FN7O15. The van der Waals surface area contributed by atoms with Crippen molar-refractivity contribution in [3.05, 3.63) is 47.3 Å². The molecule has 0 aliphatic carbocycles. The van der Waals surface area contributed by atoms with Crippen LogP contribution in [0.2, 0.25) is 0 Å². The number of primary amides is 1. The molecule has 2 amide bonds. The van der Waals surface area contributed by atoms with Crippen molar-refractivity contribution in [2.24, 2.45) is 17.6 Å². The van der Waals surface area contributed by atoms with Gasteiger partial charge in [0.25, 0.3) is 5.91 Å². The quantitative estimate of drug-likeness (QED) is 0.105. The monoisotopic (exact) mass is 1080 g/mol. The average Bonchev–Trinajstić information content (AvgIpc) is 3.85. The minimum absolute atomic E-state index is 0.0741. The summed E-state index contributed by atoms with van der Waals surface area (Å²) in [6, 6.07) is 4.30. The van der Waals surface area contributed by atoms with Gasteiger partial charge in [0.05, 0.1) is 53.8 Å². The number of methoxy groups -OCH3 is 2. The van der Waals surface area contributed by atoms with Gasteiger partial charge in [-0.25, -0.2) is 9.07 Å². The number of hydrogen-bond donors (Lipinski definition) is 7. The predicted molar refractivity (Wildman–Crippen MR) is 275 cm³/mol. The highest BCUT2D eigenvalue weighted by molar-refractivity contribution is 5.96. The molecule has 8 N–H and O–H groups in total. The molecule has 19 atom stereocenters. The number of carbonyl (C=O) groups is 3. The van der Waals surface area contributed by atoms with Crippen LogP contribution in [0.1, 0.15) is 128 Å². The van der Waals surface area contributed by atoms with Gasteiger partial charge in [-0.1, -0.05) is 31.2 Å². The molecule has 2 aromatic rings. The Hall–Kier alpha value is -3.82. The first kappa shape index (κ1) is 63.0. The van der Waals surface area contributed by atoms with Gasteiger partial charge in [-0.05, 0) is 105 Å². The summed E-state index contributed by atoms with van der Waals surface area (Å²) in [6.07, 6.45) is -8.57. The number of aromatic nitrogens is 3. The number of aliphatic hydroxyl groups is 5. The van der Waals surface area contributed by atoms with E-state index in [-0.39, 0.29) is 43.7 Å². The lowest BCUT2D eigenvalue weighted by Crippen LogP contribution is -2.59. The second kappa shape index (κ2) is 26.9. The number of hydrogen-bond acceptors (Lipinski definition) is 19. The van der Waals surface area contributed by atoms with Gasteiger partial charge in [0.15, 0.2) is 12.6 Å². The molecule has 0 bridgehead atoms. The minimum atomic E-state index is -1.86. The van der Waals surface area contributed by atoms with Crippen LogP contribution in [0, 0.1) is 11.8 Å². The van der Waals surface area contributed by atoms with Crippen LogP contribution in [0.25, 0.3) is 0 Å². The number of ether oxygens (including phenoxy) is 7. The molecule has 1 aromatic heterocycles. The molecule has 4 heterocycles. The third kappa shape index (κ3) is 15.3. The Morgan fingerprint density at radius 1 is 1.00 bits per heavy atom. The summed E-state index contributed by atoms with van der Waals surface area (Å²) in [5, 5.41) is 70.4. The lowest BCUT2D eigenvalue weighted by Gasteiger charge is -2.47. The Morgan fingerprint density at radius 3 is 2.28 bits per heavy atom. The molecular weight excluding hydrogens is 994 g/mol. The zero-order valence-corrected chi connectivity index (χ0v) is 46.7. The number of esters is 1. The van der Waals surface area contributed by atoms with Crippen molar-refractivity contribution in [1.29, 1.82) is 0 Å². The highest BCUT2D eigenvalue weighted by atomic mass is 19.1. The number of carbonyl (C=O) groups excluding carboxylic acids is 3. The van der Waals surface area contributed by atoms with E-state index in [1.165, 1.54) is 38.0 Å². The number of alkyl halides is 1. The van der Waals surface area contributed by atoms with Gasteiger partial charge in [-0.3, -0.25) is 14.4 Å². The van der Waals surface area contributed by atoms with Crippen molar-refractivity contribution in [1.82, 2.24) is 30.1 Å². The molecule has 0 saturated carbocycles. The van der Waals surface area contributed by atoms with E-state index in [4.69, 9.17) is 38.9 Å². The summed E-state index contributed by atoms with van der Waals surface area (Å²) in [7, 11) is 6.58. The fraction of sp³-hybridized carbons (Fsp3) is 0.792. The molecule has 0 radical (unpaired) electrons. The van der Waals surface area contributed by atoms with E-state index in [0.717, 1.165) is 0 Å². The number of cyclic esters (lactones) is 1. The van der Waals surface area contributed by atoms with Crippen molar-refractivity contribution >= 4 is 17.8 Å². The molecule has 23 heteroatoms. The highest BCUT2D eigenvalue weighted by Gasteiger charge is 2.51. The molecule has 76 heavy (non-hydrogen) atoms. The van der Waals surface area contributed by atoms with Gasteiger partial charge in [-0.15, -0.1) is 5.10 Å². The van der Waals surface area contributed by atoms with Crippen LogP contribution in [0.4, 0.5) is 4.39 Å². The lowest BCUT2D eigenvalue weighted by atomic mass is 9.83. The number of aliphatic hydroxyl groups excluding tert-OH is 3. The van der Waals surface area contributed by atoms with E-state index in [9.17, 15) is 44.3 Å². The maximum Gasteiger partial charge on any atom is 0.311 e. The maximum absolute atomic E-state index is 14.8. The second-order valence-electron chi connectivity index (χ2n) is 22.3. The molecule has 22 nitrogen and oxygen atoms in total. The number of nitrogens with one attached hydrogen (secondary N) is 1. The van der Waals surface area contributed by atoms with E-state index >= 15 is 0 Å². The highest BCUT2D eigenvalue weighted by Crippen LogP contribution is 2.39. The molecule has 3 aliphatic rings. The lowest BCUT2D eigenvalue weighted by molar-refractivity contribution is -0.308. The normalized spacial score (nSPS) is 37.4. The fourth-order valence-corrected chi connectivity index (χ4v) is 11.0. The van der Waals surface area contributed by atoms with E-state index in [2.05, 4.69) is 15.6 Å². The number of nitrogens with zero attached hydrogens (tertiary/aromatic N) is 5. The molecule has 1 aromatic carbocycles. The van der Waals surface area contributed by atoms with Crippen LogP contribution >= 0.6 is 0 Å². The van der Waals surface area contributed by atoms with Crippen molar-refractivity contribution in [3.63, 3.8) is 0 Å². The van der Waals surface area contributed by atoms with Crippen molar-refractivity contribution in [2.75, 3.05) is 54.6 Å². The molecule has 3 fully saturated rings. The largest absolute Gasteiger partial charge is 0.459 e. The van der Waals surface area contributed by atoms with Crippen LogP contribution in [-0.2, 0) is 49.2 Å². The summed E-state index contributed by atoms with van der Waals surface area (Å²) in [5.74, 6) is -3.23. The summed E-state index contributed by atoms with van der Waals surface area (Å²) in [6.45, 7) is 15.0. The average molecular weight is 1080 g/mol. The second-order valence-corrected chi connectivity index (χ2v) is 22.3. The topological polar surface area (TPSA) is 292 Å². The molecule has 3 aliphatic heterocycles. The number of halogens is 1. The summed E-state index contributed by atoms with van der Waals surface area (Å²) >= 11 is 0. The number of amides is 2. The van der Waals surface area contributed by atoms with Crippen LogP contribution < -0.4 is 11.1 Å². The standard InChI is InChI=1S/C53H88FN7O15/c1-14-40-53(9,69)46(64)32(5)60(11)27-29(2)23-51(7,68)41(22-39(31(4)49(67)75-40)74-43-24-52(8,71-13)47(65)33(6)73-43)76-50-44(63)37(21-30(3)72-50)59(10)20-19-36-28-61(58-57-36)38(25-54)45(70-12)34-15-17-35(18-16-34)48(66)56-26-42(55)62/h15-18,28-33,37-41,43-47,50,63-65,68-69H,14,19-27H2,1-13H3,(H2,55,62)(H,56,66)/t29-,30-,31-,32-,33+,37+,38-,39+,40-,41-,43+,44-,45-,46-,47+,50+,51-,52-,53-/m1/s1. The van der Waals surface area contributed by atoms with Crippen LogP contribution in [0.5, 0.6) is 0 Å². The zero-order chi connectivity index (χ0) is 56.6. The number of benzene rings is 1. The Kier molecular flexibility index (Phi) is 22.3. The van der Waals surface area contributed by atoms with E-state index < -0.39 is 133 Å². The van der Waals surface area contributed by atoms with E-state index in [1.807, 2.05) is 37.7 Å². The Bertz CT molecular complexity index is 2170. The van der Waals surface area contributed by atoms with Crippen molar-refractivity contribution < 1.29 is 77.5 Å². The first-order valence-corrected chi connectivity index (χ1v) is 26.5. The van der Waals surface area contributed by atoms with Gasteiger partial charge < -0.3 is 79.5 Å². The van der Waals surface area contributed by atoms with Gasteiger partial charge in [-0.2, -0.15) is 0 Å². The van der Waals surface area contributed by atoms with Crippen molar-refractivity contribution in [2.45, 2.75) is 203 Å². The van der Waals surface area contributed by atoms with Gasteiger partial charge in [0.2, 0.25) is 5.91 Å². The Morgan fingerprint density at radius 2 is 1.67 bits per heavy atom. The van der Waals surface area contributed by atoms with Crippen molar-refractivity contribution in [3.8, 4) is 0 Å². The van der Waals surface area contributed by atoms with Gasteiger partial charge >= 0.3 is 5.97 Å². The van der Waals surface area contributed by atoms with Gasteiger partial charge in [0.1, 0.15) is 48.8 Å². The zero-order valence-electron chi connectivity index (χ0n) is 46.7. The summed E-state index contributed by atoms with van der Waals surface area (Å²) < 4.78 is 59.8. The number of likely N-dealkylation sites (N-methyl/N-ethyl adjacent to an activating group) is 2. The Balaban J connectivity index is 1.39. The Labute approximate surface area is 447 Å². The smallest absolute Gasteiger partial charge is 0.311 e. The first-order valence-electron chi connectivity index (χ1n) is 26.5. The number of nitrogens with two attached hydrogens (primary N) is 1. The molecule has 432 valence electrons. The molecule has 0 unspecified atom stereocenters. The third-order valence-electron chi connectivity index (χ3n) is 16.0. The molecule has 0 spiro atoms. The maximum atomic E-state index is 14.8. The van der Waals surface area contributed by atoms with Gasteiger partial charge in [0, 0.05) is 70.4 Å². The van der Waals surface area contributed by atoms with Crippen LogP contribution in [-0.4, -0.2) is 213 Å². The molecule has 5 rings (SSSR count). The van der Waals surface area contributed by atoms with Crippen LogP contribution in [0.3, 0.4) is 0 Å². The van der Waals surface area contributed by atoms with Crippen LogP contribution in [0.15, 0.2) is 30.5 Å². The van der Waals surface area contributed by atoms with E-state index in [1.54, 1.807) is 59.9 Å². The minimum Gasteiger partial charge on any atom is -0.459 e. The first-order chi connectivity index (χ1) is 35.6.